The van der Waals surface area contributed by atoms with Crippen molar-refractivity contribution in [2.24, 2.45) is 0 Å². The molecule has 1 saturated heterocycles. The van der Waals surface area contributed by atoms with E-state index in [1.165, 1.54) is 18.2 Å². The lowest BCUT2D eigenvalue weighted by Crippen LogP contribution is -2.39. The normalized spacial score (nSPS) is 19.2. The number of anilines is 1. The highest BCUT2D eigenvalue weighted by Crippen LogP contribution is 2.48. The molecule has 0 unspecified atom stereocenters. The molecule has 0 aromatic heterocycles. The van der Waals surface area contributed by atoms with Crippen molar-refractivity contribution >= 4 is 34.2 Å². The molecule has 2 aliphatic heterocycles. The molecule has 33 heavy (non-hydrogen) atoms. The van der Waals surface area contributed by atoms with E-state index >= 15 is 0 Å². The van der Waals surface area contributed by atoms with Crippen molar-refractivity contribution in [3.8, 4) is 5.75 Å². The smallest absolute Gasteiger partial charge is 0.418 e. The largest absolute Gasteiger partial charge is 0.464 e. The van der Waals surface area contributed by atoms with Crippen LogP contribution in [0.5, 0.6) is 5.75 Å². The van der Waals surface area contributed by atoms with Crippen molar-refractivity contribution in [1.82, 2.24) is 9.96 Å². The van der Waals surface area contributed by atoms with Gasteiger partial charge in [0.1, 0.15) is 11.8 Å². The predicted octanol–water partition coefficient (Wildman–Crippen LogP) is 2.43. The zero-order valence-corrected chi connectivity index (χ0v) is 18.0. The van der Waals surface area contributed by atoms with E-state index < -0.39 is 40.6 Å². The Labute approximate surface area is 188 Å². The van der Waals surface area contributed by atoms with E-state index in [9.17, 15) is 22.8 Å². The van der Waals surface area contributed by atoms with Gasteiger partial charge in [0.2, 0.25) is 0 Å². The van der Waals surface area contributed by atoms with E-state index in [4.69, 9.17) is 14.0 Å². The minimum atomic E-state index is -5.06. The first-order chi connectivity index (χ1) is 15.7. The summed E-state index contributed by atoms with van der Waals surface area (Å²) in [5, 5.41) is 2.97. The monoisotopic (exact) mass is 477 g/mol. The van der Waals surface area contributed by atoms with Crippen LogP contribution >= 0.6 is 0 Å². The summed E-state index contributed by atoms with van der Waals surface area (Å²) < 4.78 is 46.9. The van der Waals surface area contributed by atoms with Crippen LogP contribution < -0.4 is 10.1 Å². The number of carbonyl (C=O) groups is 3. The molecule has 0 spiro atoms. The number of urea groups is 1. The number of nitrogens with one attached hydrogen (secondary N) is 1. The van der Waals surface area contributed by atoms with Crippen LogP contribution in [0.15, 0.2) is 48.5 Å². The second-order valence-corrected chi connectivity index (χ2v) is 8.08. The first kappa shape index (κ1) is 22.5. The molecule has 2 aromatic carbocycles. The molecule has 2 heterocycles. The number of hydroxylamine groups is 2. The SMILES string of the molecule is CCOC(=O)[C@H]1c2cccc(OC(=O)Nc3ccccc3)c2[C@@H]2CN1C(=O)N2OS(=O)(=O)O. The number of hydrogen-bond donors (Lipinski definition) is 2. The standard InChI is InChI=1S/C20H19N3O9S/c1-2-30-18(24)17-13-9-6-10-15(31-19(25)21-12-7-4-3-5-8-12)16(13)14-11-22(17)20(26)23(14)32-33(27,28)29/h3-10,14,17H,2,11H2,1H3,(H,21,25)(H,27,28,29)/t14-,17+/m0/s1. The molecule has 3 amide bonds. The molecule has 1 fully saturated rings. The topological polar surface area (TPSA) is 152 Å². The summed E-state index contributed by atoms with van der Waals surface area (Å²) in [6, 6.07) is 9.65. The number of esters is 1. The maximum atomic E-state index is 12.9. The van der Waals surface area contributed by atoms with Crippen LogP contribution in [0.25, 0.3) is 0 Å². The Morgan fingerprint density at radius 1 is 1.15 bits per heavy atom. The fraction of sp³-hybridized carbons (Fsp3) is 0.250. The Kier molecular flexibility index (Phi) is 5.93. The van der Waals surface area contributed by atoms with Crippen molar-refractivity contribution in [3.63, 3.8) is 0 Å². The average molecular weight is 477 g/mol. The number of carbonyl (C=O) groups excluding carboxylic acids is 3. The van der Waals surface area contributed by atoms with Gasteiger partial charge in [-0.1, -0.05) is 30.3 Å². The van der Waals surface area contributed by atoms with Crippen LogP contribution in [0.2, 0.25) is 0 Å². The molecule has 2 atom stereocenters. The van der Waals surface area contributed by atoms with Crippen LogP contribution in [-0.4, -0.2) is 54.2 Å². The minimum absolute atomic E-state index is 0.0292. The van der Waals surface area contributed by atoms with Crippen molar-refractivity contribution in [3.05, 3.63) is 59.7 Å². The van der Waals surface area contributed by atoms with Crippen molar-refractivity contribution in [2.45, 2.75) is 19.0 Å². The number of hydrogen-bond acceptors (Lipinski definition) is 8. The van der Waals surface area contributed by atoms with Crippen molar-refractivity contribution in [2.75, 3.05) is 18.5 Å². The Morgan fingerprint density at radius 2 is 1.88 bits per heavy atom. The molecule has 4 rings (SSSR count). The lowest BCUT2D eigenvalue weighted by molar-refractivity contribution is -0.148. The highest BCUT2D eigenvalue weighted by atomic mass is 32.3. The quantitative estimate of drug-likeness (QED) is 0.472. The van der Waals surface area contributed by atoms with Gasteiger partial charge in [-0.15, -0.1) is 4.28 Å². The molecule has 0 saturated carbocycles. The molecule has 2 aromatic rings. The summed E-state index contributed by atoms with van der Waals surface area (Å²) in [6.45, 7) is 1.46. The minimum Gasteiger partial charge on any atom is -0.464 e. The molecule has 0 radical (unpaired) electrons. The van der Waals surface area contributed by atoms with E-state index in [1.807, 2.05) is 0 Å². The van der Waals surface area contributed by atoms with Gasteiger partial charge in [-0.2, -0.15) is 13.5 Å². The van der Waals surface area contributed by atoms with E-state index in [0.717, 1.165) is 4.90 Å². The van der Waals surface area contributed by atoms with Gasteiger partial charge >= 0.3 is 28.5 Å². The van der Waals surface area contributed by atoms with Gasteiger partial charge < -0.3 is 14.4 Å². The third-order valence-electron chi connectivity index (χ3n) is 5.03. The number of amides is 3. The number of benzene rings is 2. The predicted molar refractivity (Wildman–Crippen MR) is 111 cm³/mol. The molecular weight excluding hydrogens is 458 g/mol. The van der Waals surface area contributed by atoms with Gasteiger partial charge in [-0.3, -0.25) is 9.87 Å². The zero-order valence-electron chi connectivity index (χ0n) is 17.2. The van der Waals surface area contributed by atoms with E-state index in [2.05, 4.69) is 9.60 Å². The van der Waals surface area contributed by atoms with E-state index in [1.54, 1.807) is 37.3 Å². The number of rotatable bonds is 6. The Balaban J connectivity index is 1.74. The average Bonchev–Trinajstić information content (AvgIpc) is 3.00. The Hall–Kier alpha value is -3.68. The Morgan fingerprint density at radius 3 is 2.55 bits per heavy atom. The van der Waals surface area contributed by atoms with Crippen LogP contribution in [0, 0.1) is 0 Å². The summed E-state index contributed by atoms with van der Waals surface area (Å²) in [5.74, 6) is -0.788. The second kappa shape index (κ2) is 8.69. The maximum Gasteiger partial charge on any atom is 0.418 e. The molecule has 13 heteroatoms. The first-order valence-electron chi connectivity index (χ1n) is 9.79. The van der Waals surface area contributed by atoms with E-state index in [-0.39, 0.29) is 30.0 Å². The third kappa shape index (κ3) is 4.46. The maximum absolute atomic E-state index is 12.9. The molecule has 174 valence electrons. The highest BCUT2D eigenvalue weighted by molar-refractivity contribution is 7.80. The van der Waals surface area contributed by atoms with Gasteiger partial charge in [0.25, 0.3) is 0 Å². The molecule has 12 nitrogen and oxygen atoms in total. The second-order valence-electron chi connectivity index (χ2n) is 7.07. The third-order valence-corrected chi connectivity index (χ3v) is 5.38. The summed E-state index contributed by atoms with van der Waals surface area (Å²) in [5.41, 5.74) is 0.907. The molecule has 2 N–H and O–H groups in total. The lowest BCUT2D eigenvalue weighted by Gasteiger charge is -2.32. The van der Waals surface area contributed by atoms with Crippen LogP contribution in [-0.2, 0) is 24.2 Å². The lowest BCUT2D eigenvalue weighted by atomic mass is 9.90. The molecule has 0 aliphatic carbocycles. The molecular formula is C20H19N3O9S. The van der Waals surface area contributed by atoms with Gasteiger partial charge in [-0.25, -0.2) is 14.4 Å². The summed E-state index contributed by atoms with van der Waals surface area (Å²) in [6.07, 6.45) is -0.851. The first-order valence-corrected chi connectivity index (χ1v) is 11.2. The molecule has 2 aliphatic rings. The van der Waals surface area contributed by atoms with Gasteiger partial charge in [0.15, 0.2) is 6.04 Å². The van der Waals surface area contributed by atoms with Gasteiger partial charge in [0, 0.05) is 11.3 Å². The fourth-order valence-electron chi connectivity index (χ4n) is 3.86. The van der Waals surface area contributed by atoms with Crippen molar-refractivity contribution in [1.29, 1.82) is 0 Å². The number of ether oxygens (including phenoxy) is 2. The summed E-state index contributed by atoms with van der Waals surface area (Å²) >= 11 is 0. The highest BCUT2D eigenvalue weighted by Gasteiger charge is 2.53. The number of para-hydroxylation sites is 1. The summed E-state index contributed by atoms with van der Waals surface area (Å²) in [7, 11) is -5.06. The van der Waals surface area contributed by atoms with E-state index in [0.29, 0.717) is 10.8 Å². The van der Waals surface area contributed by atoms with Crippen molar-refractivity contribution < 1.29 is 41.1 Å². The fourth-order valence-corrected chi connectivity index (χ4v) is 4.23. The van der Waals surface area contributed by atoms with Gasteiger partial charge in [-0.05, 0) is 30.7 Å². The molecule has 2 bridgehead atoms. The van der Waals surface area contributed by atoms with Gasteiger partial charge in [0.05, 0.1) is 13.2 Å². The number of fused-ring (bicyclic) bond motifs is 4. The summed E-state index contributed by atoms with van der Waals surface area (Å²) in [4.78, 5) is 39.1. The number of nitrogens with zero attached hydrogens (tertiary/aromatic N) is 2. The Bertz CT molecular complexity index is 1200. The van der Waals surface area contributed by atoms with Crippen LogP contribution in [0.1, 0.15) is 30.1 Å². The zero-order chi connectivity index (χ0) is 23.8. The van der Waals surface area contributed by atoms with Crippen LogP contribution in [0.3, 0.4) is 0 Å². The van der Waals surface area contributed by atoms with Crippen LogP contribution in [0.4, 0.5) is 15.3 Å².